The van der Waals surface area contributed by atoms with Crippen LogP contribution in [0.2, 0.25) is 0 Å². The fourth-order valence-electron chi connectivity index (χ4n) is 2.84. The van der Waals surface area contributed by atoms with Crippen LogP contribution in [-0.4, -0.2) is 24.0 Å². The van der Waals surface area contributed by atoms with Crippen molar-refractivity contribution in [2.75, 3.05) is 0 Å². The van der Waals surface area contributed by atoms with Gasteiger partial charge in [0.15, 0.2) is 11.9 Å². The minimum atomic E-state index is -0.678. The Morgan fingerprint density at radius 1 is 1.09 bits per heavy atom. The van der Waals surface area contributed by atoms with E-state index in [4.69, 9.17) is 9.47 Å². The highest BCUT2D eigenvalue weighted by Gasteiger charge is 2.22. The minimum Gasteiger partial charge on any atom is -0.479 e. The van der Waals surface area contributed by atoms with Gasteiger partial charge in [-0.15, -0.1) is 0 Å². The van der Waals surface area contributed by atoms with E-state index in [1.54, 1.807) is 31.2 Å². The van der Waals surface area contributed by atoms with Crippen molar-refractivity contribution in [3.05, 3.63) is 29.8 Å². The van der Waals surface area contributed by atoms with Crippen LogP contribution in [0.1, 0.15) is 69.2 Å². The van der Waals surface area contributed by atoms with Crippen LogP contribution in [-0.2, 0) is 9.53 Å². The number of Topliss-reactive ketones (excluding diaryl/α,β-unsaturated/α-hetero) is 1. The molecule has 1 atom stereocenters. The van der Waals surface area contributed by atoms with Gasteiger partial charge in [-0.1, -0.05) is 31.4 Å². The molecule has 1 saturated carbocycles. The molecule has 1 unspecified atom stereocenters. The Hall–Kier alpha value is -1.84. The van der Waals surface area contributed by atoms with Crippen LogP contribution in [0.15, 0.2) is 24.3 Å². The number of ether oxygens (including phenoxy) is 2. The molecule has 1 aliphatic rings. The Labute approximate surface area is 138 Å². The summed E-state index contributed by atoms with van der Waals surface area (Å²) in [6.07, 6.45) is 7.18. The van der Waals surface area contributed by atoms with E-state index in [0.717, 1.165) is 25.7 Å². The van der Waals surface area contributed by atoms with E-state index < -0.39 is 6.10 Å². The Morgan fingerprint density at radius 2 is 1.74 bits per heavy atom. The lowest BCUT2D eigenvalue weighted by Gasteiger charge is -2.22. The maximum atomic E-state index is 12.2. The molecule has 1 aliphatic carbocycles. The molecular formula is C19H26O4. The van der Waals surface area contributed by atoms with Gasteiger partial charge in [-0.05, 0) is 51.7 Å². The Morgan fingerprint density at radius 3 is 2.39 bits per heavy atom. The predicted molar refractivity (Wildman–Crippen MR) is 88.7 cm³/mol. The van der Waals surface area contributed by atoms with Crippen molar-refractivity contribution < 1.29 is 19.1 Å². The lowest BCUT2D eigenvalue weighted by atomic mass is 9.98. The van der Waals surface area contributed by atoms with Crippen LogP contribution in [0.4, 0.5) is 0 Å². The Balaban J connectivity index is 1.88. The SMILES string of the molecule is CC(=O)c1cccc(OC(C)C(=O)OC2CCCCCCC2)c1. The molecule has 0 heterocycles. The van der Waals surface area contributed by atoms with Crippen LogP contribution in [0.25, 0.3) is 0 Å². The first kappa shape index (κ1) is 17.5. The predicted octanol–water partition coefficient (Wildman–Crippen LogP) is 4.31. The van der Waals surface area contributed by atoms with E-state index in [1.807, 2.05) is 0 Å². The number of rotatable bonds is 5. The molecule has 0 aromatic heterocycles. The highest BCUT2D eigenvalue weighted by Crippen LogP contribution is 2.21. The summed E-state index contributed by atoms with van der Waals surface area (Å²) in [7, 11) is 0. The zero-order valence-corrected chi connectivity index (χ0v) is 14.0. The van der Waals surface area contributed by atoms with Crippen molar-refractivity contribution in [1.29, 1.82) is 0 Å². The fraction of sp³-hybridized carbons (Fsp3) is 0.579. The maximum absolute atomic E-state index is 12.2. The molecule has 1 aromatic rings. The molecule has 0 amide bonds. The van der Waals surface area contributed by atoms with Gasteiger partial charge in [-0.3, -0.25) is 4.79 Å². The first-order chi connectivity index (χ1) is 11.1. The van der Waals surface area contributed by atoms with E-state index in [2.05, 4.69) is 0 Å². The molecule has 0 bridgehead atoms. The highest BCUT2D eigenvalue weighted by atomic mass is 16.6. The van der Waals surface area contributed by atoms with E-state index in [0.29, 0.717) is 11.3 Å². The number of hydrogen-bond donors (Lipinski definition) is 0. The van der Waals surface area contributed by atoms with Gasteiger partial charge in [-0.2, -0.15) is 0 Å². The second-order valence-corrected chi connectivity index (χ2v) is 6.25. The van der Waals surface area contributed by atoms with Crippen LogP contribution < -0.4 is 4.74 Å². The van der Waals surface area contributed by atoms with Gasteiger partial charge in [-0.25, -0.2) is 4.79 Å². The standard InChI is InChI=1S/C19H26O4/c1-14(20)16-9-8-12-18(13-16)22-15(2)19(21)23-17-10-6-4-3-5-7-11-17/h8-9,12-13,15,17H,3-7,10-11H2,1-2H3. The third kappa shape index (κ3) is 5.70. The van der Waals surface area contributed by atoms with Crippen molar-refractivity contribution in [1.82, 2.24) is 0 Å². The van der Waals surface area contributed by atoms with Crippen molar-refractivity contribution in [2.24, 2.45) is 0 Å². The summed E-state index contributed by atoms with van der Waals surface area (Å²) in [5.41, 5.74) is 0.572. The molecule has 0 saturated heterocycles. The summed E-state index contributed by atoms with van der Waals surface area (Å²) in [5.74, 6) is 0.156. The monoisotopic (exact) mass is 318 g/mol. The van der Waals surface area contributed by atoms with Crippen LogP contribution in [0.3, 0.4) is 0 Å². The molecule has 4 heteroatoms. The number of esters is 1. The molecule has 0 radical (unpaired) electrons. The van der Waals surface area contributed by atoms with Gasteiger partial charge >= 0.3 is 5.97 Å². The van der Waals surface area contributed by atoms with Crippen LogP contribution in [0.5, 0.6) is 5.75 Å². The van der Waals surface area contributed by atoms with E-state index >= 15 is 0 Å². The molecule has 0 N–H and O–H groups in total. The molecule has 23 heavy (non-hydrogen) atoms. The topological polar surface area (TPSA) is 52.6 Å². The molecule has 0 aliphatic heterocycles. The Bertz CT molecular complexity index is 530. The summed E-state index contributed by atoms with van der Waals surface area (Å²) in [6, 6.07) is 6.87. The van der Waals surface area contributed by atoms with E-state index in [-0.39, 0.29) is 17.9 Å². The Kier molecular flexibility index (Phi) is 6.63. The molecule has 4 nitrogen and oxygen atoms in total. The van der Waals surface area contributed by atoms with Gasteiger partial charge in [0.05, 0.1) is 0 Å². The summed E-state index contributed by atoms with van der Waals surface area (Å²) in [5, 5.41) is 0. The van der Waals surface area contributed by atoms with Crippen LogP contribution in [0, 0.1) is 0 Å². The van der Waals surface area contributed by atoms with Gasteiger partial charge in [0.2, 0.25) is 0 Å². The second kappa shape index (κ2) is 8.70. The van der Waals surface area contributed by atoms with Crippen LogP contribution >= 0.6 is 0 Å². The molecule has 1 fully saturated rings. The summed E-state index contributed by atoms with van der Waals surface area (Å²) in [4.78, 5) is 23.6. The van der Waals surface area contributed by atoms with Gasteiger partial charge in [0.1, 0.15) is 11.9 Å². The lowest BCUT2D eigenvalue weighted by Crippen LogP contribution is -2.30. The molecule has 1 aromatic carbocycles. The first-order valence-corrected chi connectivity index (χ1v) is 8.54. The van der Waals surface area contributed by atoms with Gasteiger partial charge < -0.3 is 9.47 Å². The summed E-state index contributed by atoms with van der Waals surface area (Å²) >= 11 is 0. The minimum absolute atomic E-state index is 0.0115. The number of carbonyl (C=O) groups excluding carboxylic acids is 2. The highest BCUT2D eigenvalue weighted by molar-refractivity contribution is 5.94. The van der Waals surface area contributed by atoms with E-state index in [1.165, 1.54) is 26.2 Å². The third-order valence-electron chi connectivity index (χ3n) is 4.22. The van der Waals surface area contributed by atoms with Gasteiger partial charge in [0.25, 0.3) is 0 Å². The number of benzene rings is 1. The zero-order chi connectivity index (χ0) is 16.7. The molecular weight excluding hydrogens is 292 g/mol. The van der Waals surface area contributed by atoms with Crippen molar-refractivity contribution in [3.63, 3.8) is 0 Å². The number of hydrogen-bond acceptors (Lipinski definition) is 4. The summed E-state index contributed by atoms with van der Waals surface area (Å²) < 4.78 is 11.2. The van der Waals surface area contributed by atoms with Crippen molar-refractivity contribution in [3.8, 4) is 5.75 Å². The smallest absolute Gasteiger partial charge is 0.347 e. The zero-order valence-electron chi connectivity index (χ0n) is 14.0. The average molecular weight is 318 g/mol. The third-order valence-corrected chi connectivity index (χ3v) is 4.22. The van der Waals surface area contributed by atoms with Gasteiger partial charge in [0, 0.05) is 5.56 Å². The normalized spacial score (nSPS) is 17.7. The fourth-order valence-corrected chi connectivity index (χ4v) is 2.84. The first-order valence-electron chi connectivity index (χ1n) is 8.54. The summed E-state index contributed by atoms with van der Waals surface area (Å²) in [6.45, 7) is 3.19. The average Bonchev–Trinajstić information content (AvgIpc) is 2.50. The molecule has 126 valence electrons. The number of ketones is 1. The number of carbonyl (C=O) groups is 2. The molecule has 0 spiro atoms. The second-order valence-electron chi connectivity index (χ2n) is 6.25. The lowest BCUT2D eigenvalue weighted by molar-refractivity contribution is -0.157. The van der Waals surface area contributed by atoms with E-state index in [9.17, 15) is 9.59 Å². The maximum Gasteiger partial charge on any atom is 0.347 e. The quantitative estimate of drug-likeness (QED) is 0.599. The molecule has 2 rings (SSSR count). The van der Waals surface area contributed by atoms with Crippen molar-refractivity contribution in [2.45, 2.75) is 71.0 Å². The largest absolute Gasteiger partial charge is 0.479 e. The van der Waals surface area contributed by atoms with Crippen molar-refractivity contribution >= 4 is 11.8 Å².